The Morgan fingerprint density at radius 2 is 1.83 bits per heavy atom. The lowest BCUT2D eigenvalue weighted by molar-refractivity contribution is 0.102. The maximum Gasteiger partial charge on any atom is 0.256 e. The van der Waals surface area contributed by atoms with Crippen LogP contribution in [0.1, 0.15) is 10.4 Å². The van der Waals surface area contributed by atoms with E-state index in [1.54, 1.807) is 12.1 Å². The highest BCUT2D eigenvalue weighted by Crippen LogP contribution is 2.21. The highest BCUT2D eigenvalue weighted by Gasteiger charge is 2.18. The van der Waals surface area contributed by atoms with Crippen molar-refractivity contribution in [2.24, 2.45) is 0 Å². The third-order valence-electron chi connectivity index (χ3n) is 3.12. The summed E-state index contributed by atoms with van der Waals surface area (Å²) in [6.07, 6.45) is 1.53. The van der Waals surface area contributed by atoms with Crippen LogP contribution in [-0.4, -0.2) is 44.8 Å². The van der Waals surface area contributed by atoms with Gasteiger partial charge in [0.15, 0.2) is 11.6 Å². The number of anilines is 1. The molecule has 23 heavy (non-hydrogen) atoms. The van der Waals surface area contributed by atoms with Crippen LogP contribution >= 0.6 is 0 Å². The molecule has 0 saturated carbocycles. The number of hydrogen-bond donors (Lipinski definition) is 1. The number of rotatable bonds is 5. The van der Waals surface area contributed by atoms with E-state index in [0.717, 1.165) is 4.31 Å². The van der Waals surface area contributed by atoms with Gasteiger partial charge in [-0.05, 0) is 36.4 Å². The summed E-state index contributed by atoms with van der Waals surface area (Å²) in [7, 11) is 0.856. The van der Waals surface area contributed by atoms with Gasteiger partial charge in [0.25, 0.3) is 5.91 Å². The van der Waals surface area contributed by atoms with Crippen molar-refractivity contribution in [3.63, 3.8) is 0 Å². The summed E-state index contributed by atoms with van der Waals surface area (Å²) in [5, 5.41) is 2.62. The fourth-order valence-electron chi connectivity index (χ4n) is 1.82. The Bertz CT molecular complexity index is 802. The zero-order chi connectivity index (χ0) is 17.0. The first-order valence-corrected chi connectivity index (χ1v) is 8.13. The number of nitrogens with one attached hydrogen (secondary N) is 1. The van der Waals surface area contributed by atoms with E-state index < -0.39 is 15.9 Å². The molecule has 0 radical (unpaired) electrons. The van der Waals surface area contributed by atoms with E-state index in [-0.39, 0.29) is 4.90 Å². The Kier molecular flexibility index (Phi) is 4.97. The molecule has 0 bridgehead atoms. The summed E-state index contributed by atoms with van der Waals surface area (Å²) >= 11 is 0. The maximum absolute atomic E-state index is 12.2. The standard InChI is InChI=1S/C15H17N3O4S/c1-18(2)23(20,21)12-8-6-11(7-9-12)15(19)17-14-13(22-3)5-4-10-16-14/h4-10H,1-3H3,(H,16,17,19). The number of methoxy groups -OCH3 is 1. The first-order chi connectivity index (χ1) is 10.9. The zero-order valence-electron chi connectivity index (χ0n) is 13.0. The highest BCUT2D eigenvalue weighted by molar-refractivity contribution is 7.89. The predicted molar refractivity (Wildman–Crippen MR) is 86.1 cm³/mol. The highest BCUT2D eigenvalue weighted by atomic mass is 32.2. The minimum Gasteiger partial charge on any atom is -0.493 e. The zero-order valence-corrected chi connectivity index (χ0v) is 13.8. The number of pyridine rings is 1. The SMILES string of the molecule is COc1cccnc1NC(=O)c1ccc(S(=O)(=O)N(C)C)cc1. The van der Waals surface area contributed by atoms with Crippen LogP contribution in [0.15, 0.2) is 47.5 Å². The van der Waals surface area contributed by atoms with E-state index in [1.165, 1.54) is 51.7 Å². The minimum atomic E-state index is -3.52. The van der Waals surface area contributed by atoms with E-state index in [2.05, 4.69) is 10.3 Å². The second-order valence-electron chi connectivity index (χ2n) is 4.82. The predicted octanol–water partition coefficient (Wildman–Crippen LogP) is 1.59. The summed E-state index contributed by atoms with van der Waals surface area (Å²) in [5.74, 6) is 0.327. The Balaban J connectivity index is 2.21. The number of aromatic nitrogens is 1. The van der Waals surface area contributed by atoms with Crippen molar-refractivity contribution in [3.8, 4) is 5.75 Å². The van der Waals surface area contributed by atoms with Gasteiger partial charge >= 0.3 is 0 Å². The number of ether oxygens (including phenoxy) is 1. The van der Waals surface area contributed by atoms with Gasteiger partial charge in [0.05, 0.1) is 12.0 Å². The van der Waals surface area contributed by atoms with Crippen molar-refractivity contribution < 1.29 is 17.9 Å². The average Bonchev–Trinajstić information content (AvgIpc) is 2.55. The fourth-order valence-corrected chi connectivity index (χ4v) is 2.72. The molecule has 1 amide bonds. The van der Waals surface area contributed by atoms with Gasteiger partial charge in [0.1, 0.15) is 0 Å². The molecule has 1 N–H and O–H groups in total. The lowest BCUT2D eigenvalue weighted by Crippen LogP contribution is -2.22. The number of carbonyl (C=O) groups is 1. The van der Waals surface area contributed by atoms with Gasteiger partial charge in [-0.25, -0.2) is 17.7 Å². The fraction of sp³-hybridized carbons (Fsp3) is 0.200. The van der Waals surface area contributed by atoms with Gasteiger partial charge in [-0.3, -0.25) is 4.79 Å². The molecule has 2 aromatic rings. The third-order valence-corrected chi connectivity index (χ3v) is 4.95. The van der Waals surface area contributed by atoms with Crippen molar-refractivity contribution in [2.75, 3.05) is 26.5 Å². The van der Waals surface area contributed by atoms with E-state index in [9.17, 15) is 13.2 Å². The summed E-state index contributed by atoms with van der Waals surface area (Å²) < 4.78 is 30.2. The van der Waals surface area contributed by atoms with Gasteiger partial charge < -0.3 is 10.1 Å². The van der Waals surface area contributed by atoms with Gasteiger partial charge in [-0.2, -0.15) is 0 Å². The van der Waals surface area contributed by atoms with Crippen LogP contribution in [0.2, 0.25) is 0 Å². The topological polar surface area (TPSA) is 88.6 Å². The average molecular weight is 335 g/mol. The molecule has 122 valence electrons. The number of benzene rings is 1. The molecule has 8 heteroatoms. The van der Waals surface area contributed by atoms with Gasteiger partial charge in [-0.15, -0.1) is 0 Å². The molecular formula is C15H17N3O4S. The van der Waals surface area contributed by atoms with E-state index in [4.69, 9.17) is 4.74 Å². The Morgan fingerprint density at radius 3 is 2.39 bits per heavy atom. The van der Waals surface area contributed by atoms with Gasteiger partial charge in [0, 0.05) is 25.9 Å². The second-order valence-corrected chi connectivity index (χ2v) is 6.97. The lowest BCUT2D eigenvalue weighted by atomic mass is 10.2. The normalized spacial score (nSPS) is 11.3. The first kappa shape index (κ1) is 16.9. The molecule has 0 atom stereocenters. The van der Waals surface area contributed by atoms with Crippen LogP contribution < -0.4 is 10.1 Å². The lowest BCUT2D eigenvalue weighted by Gasteiger charge is -2.12. The second kappa shape index (κ2) is 6.76. The molecule has 2 rings (SSSR count). The van der Waals surface area contributed by atoms with Crippen LogP contribution in [0.3, 0.4) is 0 Å². The number of sulfonamides is 1. The van der Waals surface area contributed by atoms with Crippen molar-refractivity contribution in [1.82, 2.24) is 9.29 Å². The van der Waals surface area contributed by atoms with Crippen LogP contribution in [0, 0.1) is 0 Å². The Morgan fingerprint density at radius 1 is 1.17 bits per heavy atom. The molecule has 0 unspecified atom stereocenters. The first-order valence-electron chi connectivity index (χ1n) is 6.69. The van der Waals surface area contributed by atoms with Crippen LogP contribution in [0.4, 0.5) is 5.82 Å². The number of amides is 1. The molecular weight excluding hydrogens is 318 g/mol. The van der Waals surface area contributed by atoms with E-state index in [1.807, 2.05) is 0 Å². The van der Waals surface area contributed by atoms with Crippen LogP contribution in [0.25, 0.3) is 0 Å². The van der Waals surface area contributed by atoms with E-state index in [0.29, 0.717) is 17.1 Å². The monoisotopic (exact) mass is 335 g/mol. The molecule has 0 saturated heterocycles. The largest absolute Gasteiger partial charge is 0.493 e. The molecule has 0 aliphatic carbocycles. The van der Waals surface area contributed by atoms with Crippen LogP contribution in [-0.2, 0) is 10.0 Å². The molecule has 0 spiro atoms. The molecule has 0 aliphatic heterocycles. The Hall–Kier alpha value is -2.45. The molecule has 0 fully saturated rings. The van der Waals surface area contributed by atoms with Gasteiger partial charge in [-0.1, -0.05) is 0 Å². The molecule has 1 aromatic heterocycles. The van der Waals surface area contributed by atoms with Crippen LogP contribution in [0.5, 0.6) is 5.75 Å². The smallest absolute Gasteiger partial charge is 0.256 e. The Labute approximate surface area is 135 Å². The quantitative estimate of drug-likeness (QED) is 0.896. The number of hydrogen-bond acceptors (Lipinski definition) is 5. The number of carbonyl (C=O) groups excluding carboxylic acids is 1. The van der Waals surface area contributed by atoms with Gasteiger partial charge in [0.2, 0.25) is 10.0 Å². The maximum atomic E-state index is 12.2. The molecule has 1 heterocycles. The summed E-state index contributed by atoms with van der Waals surface area (Å²) in [6, 6.07) is 9.03. The van der Waals surface area contributed by atoms with Crippen molar-refractivity contribution in [3.05, 3.63) is 48.2 Å². The number of nitrogens with zero attached hydrogens (tertiary/aromatic N) is 2. The van der Waals surface area contributed by atoms with E-state index >= 15 is 0 Å². The van der Waals surface area contributed by atoms with Crippen molar-refractivity contribution in [2.45, 2.75) is 4.90 Å². The van der Waals surface area contributed by atoms with Crippen molar-refractivity contribution in [1.29, 1.82) is 0 Å². The van der Waals surface area contributed by atoms with Crippen molar-refractivity contribution >= 4 is 21.7 Å². The summed E-state index contributed by atoms with van der Waals surface area (Å²) in [4.78, 5) is 16.4. The molecule has 0 aliphatic rings. The summed E-state index contributed by atoms with van der Waals surface area (Å²) in [6.45, 7) is 0. The molecule has 7 nitrogen and oxygen atoms in total. The third kappa shape index (κ3) is 3.66. The summed E-state index contributed by atoms with van der Waals surface area (Å²) in [5.41, 5.74) is 0.315. The molecule has 1 aromatic carbocycles. The minimum absolute atomic E-state index is 0.120.